The van der Waals surface area contributed by atoms with Gasteiger partial charge >= 0.3 is 0 Å². The van der Waals surface area contributed by atoms with E-state index in [0.29, 0.717) is 5.17 Å². The normalized spacial score (nSPS) is 8.92. The maximum atomic E-state index is 7.59. The average molecular weight is 302 g/mol. The van der Waals surface area contributed by atoms with Crippen LogP contribution in [0.2, 0.25) is 0 Å². The van der Waals surface area contributed by atoms with E-state index in [1.165, 1.54) is 11.8 Å². The van der Waals surface area contributed by atoms with Gasteiger partial charge in [-0.1, -0.05) is 25.6 Å². The van der Waals surface area contributed by atoms with Crippen molar-refractivity contribution in [3.05, 3.63) is 0 Å². The van der Waals surface area contributed by atoms with Crippen molar-refractivity contribution in [2.24, 2.45) is 0 Å². The van der Waals surface area contributed by atoms with Crippen molar-refractivity contribution in [1.29, 1.82) is 5.41 Å². The number of thioether (sulfide) groups is 1. The molecule has 0 heterocycles. The van der Waals surface area contributed by atoms with Gasteiger partial charge in [0.05, 0.1) is 0 Å². The molecule has 74 valence electrons. The van der Waals surface area contributed by atoms with E-state index in [4.69, 9.17) is 5.41 Å². The minimum absolute atomic E-state index is 0. The molecule has 0 radical (unpaired) electrons. The molecule has 4 heteroatoms. The van der Waals surface area contributed by atoms with Crippen molar-refractivity contribution < 1.29 is 0 Å². The van der Waals surface area contributed by atoms with Gasteiger partial charge < -0.3 is 4.90 Å². The van der Waals surface area contributed by atoms with Crippen LogP contribution in [0.25, 0.3) is 0 Å². The third-order valence-corrected chi connectivity index (χ3v) is 2.11. The molecule has 0 rings (SSSR count). The highest BCUT2D eigenvalue weighted by Crippen LogP contribution is 2.04. The lowest BCUT2D eigenvalue weighted by Gasteiger charge is -2.22. The summed E-state index contributed by atoms with van der Waals surface area (Å²) < 4.78 is 0. The number of halogens is 1. The van der Waals surface area contributed by atoms with E-state index in [9.17, 15) is 0 Å². The first-order valence-corrected chi connectivity index (χ1v) is 5.36. The van der Waals surface area contributed by atoms with E-state index in [0.717, 1.165) is 25.9 Å². The largest absolute Gasteiger partial charge is 0.352 e. The Kier molecular flexibility index (Phi) is 12.1. The van der Waals surface area contributed by atoms with Gasteiger partial charge in [0.1, 0.15) is 0 Å². The summed E-state index contributed by atoms with van der Waals surface area (Å²) in [6.07, 6.45) is 4.21. The van der Waals surface area contributed by atoms with Gasteiger partial charge in [-0.3, -0.25) is 5.41 Å². The Bertz CT molecular complexity index is 114. The molecule has 0 aliphatic heterocycles. The minimum Gasteiger partial charge on any atom is -0.352 e. The Hall–Kier alpha value is 0.550. The Morgan fingerprint density at radius 1 is 1.25 bits per heavy atom. The molecule has 0 bridgehead atoms. The summed E-state index contributed by atoms with van der Waals surface area (Å²) in [6, 6.07) is 0. The molecule has 0 spiro atoms. The van der Waals surface area contributed by atoms with Crippen LogP contribution in [0.5, 0.6) is 0 Å². The van der Waals surface area contributed by atoms with Gasteiger partial charge in [-0.05, 0) is 19.1 Å². The lowest BCUT2D eigenvalue weighted by molar-refractivity contribution is 0.422. The Morgan fingerprint density at radius 2 is 1.67 bits per heavy atom. The predicted octanol–water partition coefficient (Wildman–Crippen LogP) is 3.02. The second kappa shape index (κ2) is 9.64. The molecule has 2 nitrogen and oxygen atoms in total. The van der Waals surface area contributed by atoms with Crippen LogP contribution in [-0.2, 0) is 0 Å². The molecule has 0 aliphatic rings. The second-order valence-electron chi connectivity index (χ2n) is 2.50. The van der Waals surface area contributed by atoms with E-state index >= 15 is 0 Å². The fourth-order valence-electron chi connectivity index (χ4n) is 0.984. The highest BCUT2D eigenvalue weighted by molar-refractivity contribution is 14.0. The number of amidine groups is 1. The van der Waals surface area contributed by atoms with E-state index in [2.05, 4.69) is 18.7 Å². The summed E-state index contributed by atoms with van der Waals surface area (Å²) in [4.78, 5) is 2.13. The summed E-state index contributed by atoms with van der Waals surface area (Å²) >= 11 is 1.52. The molecule has 0 atom stereocenters. The SMILES string of the molecule is CCCN(CCC)C(=N)SC.I. The Balaban J connectivity index is 0. The smallest absolute Gasteiger partial charge is 0.156 e. The molecule has 1 N–H and O–H groups in total. The minimum atomic E-state index is 0. The van der Waals surface area contributed by atoms with Crippen LogP contribution in [0.4, 0.5) is 0 Å². The first kappa shape index (κ1) is 15.0. The topological polar surface area (TPSA) is 27.1 Å². The molecular weight excluding hydrogens is 283 g/mol. The van der Waals surface area contributed by atoms with Crippen molar-refractivity contribution in [1.82, 2.24) is 4.90 Å². The van der Waals surface area contributed by atoms with Gasteiger partial charge in [0, 0.05) is 13.1 Å². The van der Waals surface area contributed by atoms with Gasteiger partial charge in [0.25, 0.3) is 0 Å². The van der Waals surface area contributed by atoms with Crippen LogP contribution >= 0.6 is 35.7 Å². The highest BCUT2D eigenvalue weighted by Gasteiger charge is 2.04. The quantitative estimate of drug-likeness (QED) is 0.491. The van der Waals surface area contributed by atoms with E-state index < -0.39 is 0 Å². The maximum absolute atomic E-state index is 7.59. The number of hydrogen-bond donors (Lipinski definition) is 1. The molecule has 0 saturated carbocycles. The summed E-state index contributed by atoms with van der Waals surface area (Å²) in [6.45, 7) is 6.34. The van der Waals surface area contributed by atoms with Gasteiger partial charge in [-0.15, -0.1) is 24.0 Å². The molecule has 0 unspecified atom stereocenters. The average Bonchev–Trinajstić information content (AvgIpc) is 2.03. The third kappa shape index (κ3) is 6.11. The molecule has 0 aromatic rings. The lowest BCUT2D eigenvalue weighted by atomic mass is 10.4. The Labute approximate surface area is 97.0 Å². The molecule has 0 amide bonds. The van der Waals surface area contributed by atoms with Crippen molar-refractivity contribution in [3.8, 4) is 0 Å². The van der Waals surface area contributed by atoms with Crippen molar-refractivity contribution in [2.75, 3.05) is 19.3 Å². The number of hydrogen-bond acceptors (Lipinski definition) is 2. The van der Waals surface area contributed by atoms with Crippen LogP contribution in [-0.4, -0.2) is 29.4 Å². The van der Waals surface area contributed by atoms with Crippen LogP contribution in [0.3, 0.4) is 0 Å². The molecule has 0 saturated heterocycles. The summed E-state index contributed by atoms with van der Waals surface area (Å²) in [5.41, 5.74) is 0. The number of nitrogens with one attached hydrogen (secondary N) is 1. The Morgan fingerprint density at radius 3 is 1.92 bits per heavy atom. The fourth-order valence-corrected chi connectivity index (χ4v) is 1.42. The maximum Gasteiger partial charge on any atom is 0.156 e. The zero-order valence-corrected chi connectivity index (χ0v) is 11.2. The van der Waals surface area contributed by atoms with Gasteiger partial charge in [0.2, 0.25) is 0 Å². The highest BCUT2D eigenvalue weighted by atomic mass is 127. The van der Waals surface area contributed by atoms with Crippen LogP contribution in [0.15, 0.2) is 0 Å². The third-order valence-electron chi connectivity index (χ3n) is 1.47. The van der Waals surface area contributed by atoms with Crippen molar-refractivity contribution >= 4 is 40.9 Å². The molecule has 0 aromatic carbocycles. The van der Waals surface area contributed by atoms with Crippen molar-refractivity contribution in [3.63, 3.8) is 0 Å². The van der Waals surface area contributed by atoms with E-state index in [1.54, 1.807) is 0 Å². The first-order valence-electron chi connectivity index (χ1n) is 4.13. The summed E-state index contributed by atoms with van der Waals surface area (Å²) in [5, 5.41) is 8.29. The monoisotopic (exact) mass is 302 g/mol. The lowest BCUT2D eigenvalue weighted by Crippen LogP contribution is -2.29. The fraction of sp³-hybridized carbons (Fsp3) is 0.875. The molecular formula is C8H19IN2S. The van der Waals surface area contributed by atoms with E-state index in [1.807, 2.05) is 6.26 Å². The second-order valence-corrected chi connectivity index (χ2v) is 3.29. The van der Waals surface area contributed by atoms with Gasteiger partial charge in [-0.2, -0.15) is 0 Å². The standard InChI is InChI=1S/C8H18N2S.HI/c1-4-6-10(7-5-2)8(9)11-3;/h9H,4-7H2,1-3H3;1H. The summed E-state index contributed by atoms with van der Waals surface area (Å²) in [7, 11) is 0. The van der Waals surface area contributed by atoms with Crippen LogP contribution < -0.4 is 0 Å². The molecule has 12 heavy (non-hydrogen) atoms. The predicted molar refractivity (Wildman–Crippen MR) is 68.8 cm³/mol. The van der Waals surface area contributed by atoms with Crippen LogP contribution in [0, 0.1) is 5.41 Å². The van der Waals surface area contributed by atoms with Crippen LogP contribution in [0.1, 0.15) is 26.7 Å². The molecule has 0 aromatic heterocycles. The molecule has 0 aliphatic carbocycles. The molecule has 0 fully saturated rings. The first-order chi connectivity index (χ1) is 5.26. The van der Waals surface area contributed by atoms with Gasteiger partial charge in [-0.25, -0.2) is 0 Å². The van der Waals surface area contributed by atoms with Crippen molar-refractivity contribution in [2.45, 2.75) is 26.7 Å². The van der Waals surface area contributed by atoms with Gasteiger partial charge in [0.15, 0.2) is 5.17 Å². The summed E-state index contributed by atoms with van der Waals surface area (Å²) in [5.74, 6) is 0. The zero-order chi connectivity index (χ0) is 8.69. The number of rotatable bonds is 4. The number of nitrogens with zero attached hydrogens (tertiary/aromatic N) is 1. The zero-order valence-electron chi connectivity index (χ0n) is 8.09. The van der Waals surface area contributed by atoms with E-state index in [-0.39, 0.29) is 24.0 Å².